The molecule has 2 atom stereocenters. The van der Waals surface area contributed by atoms with Gasteiger partial charge in [0.05, 0.1) is 0 Å². The van der Waals surface area contributed by atoms with Crippen LogP contribution in [0.3, 0.4) is 0 Å². The first-order valence-corrected chi connectivity index (χ1v) is 14.0. The van der Waals surface area contributed by atoms with E-state index in [0.29, 0.717) is 11.0 Å². The Hall–Kier alpha value is -0.120. The largest absolute Gasteiger partial charge is 0.381 e. The molecule has 3 heteroatoms. The molecule has 0 radical (unpaired) electrons. The quantitative estimate of drug-likeness (QED) is 0.212. The van der Waals surface area contributed by atoms with E-state index in [0.717, 1.165) is 32.1 Å². The third-order valence-corrected chi connectivity index (χ3v) is 7.55. The lowest BCUT2D eigenvalue weighted by Crippen LogP contribution is -2.43. The molecule has 1 rings (SSSR count). The number of ether oxygens (including phenoxy) is 1. The second-order valence-electron chi connectivity index (χ2n) is 11.2. The Morgan fingerprint density at radius 1 is 0.806 bits per heavy atom. The minimum atomic E-state index is 0.320. The Morgan fingerprint density at radius 2 is 1.45 bits per heavy atom. The van der Waals surface area contributed by atoms with Gasteiger partial charge in [-0.2, -0.15) is 0 Å². The summed E-state index contributed by atoms with van der Waals surface area (Å²) >= 11 is 0. The number of hydrogen-bond donors (Lipinski definition) is 1. The molecule has 0 aromatic heterocycles. The summed E-state index contributed by atoms with van der Waals surface area (Å²) in [6.07, 6.45) is 17.0. The van der Waals surface area contributed by atoms with Crippen LogP contribution in [0.15, 0.2) is 0 Å². The lowest BCUT2D eigenvalue weighted by atomic mass is 9.79. The van der Waals surface area contributed by atoms with Crippen LogP contribution < -0.4 is 5.32 Å². The SMILES string of the molecule is CCCCC(C)(CCC)CN1CCC(COCCCNC(C)(CCC)CCCC)CC1. The molecule has 186 valence electrons. The topological polar surface area (TPSA) is 24.5 Å². The highest BCUT2D eigenvalue weighted by molar-refractivity contribution is 4.83. The zero-order valence-corrected chi connectivity index (χ0v) is 22.4. The summed E-state index contributed by atoms with van der Waals surface area (Å²) in [6, 6.07) is 0. The van der Waals surface area contributed by atoms with Crippen LogP contribution in [0.5, 0.6) is 0 Å². The van der Waals surface area contributed by atoms with Gasteiger partial charge in [-0.25, -0.2) is 0 Å². The third-order valence-electron chi connectivity index (χ3n) is 7.55. The summed E-state index contributed by atoms with van der Waals surface area (Å²) < 4.78 is 6.10. The molecule has 1 aliphatic heterocycles. The maximum atomic E-state index is 6.10. The van der Waals surface area contributed by atoms with Crippen molar-refractivity contribution in [1.82, 2.24) is 10.2 Å². The van der Waals surface area contributed by atoms with Crippen molar-refractivity contribution < 1.29 is 4.74 Å². The molecule has 31 heavy (non-hydrogen) atoms. The van der Waals surface area contributed by atoms with Crippen LogP contribution in [-0.4, -0.2) is 49.8 Å². The fourth-order valence-corrected chi connectivity index (χ4v) is 5.58. The number of likely N-dealkylation sites (tertiary alicyclic amines) is 1. The number of rotatable bonds is 19. The Morgan fingerprint density at radius 3 is 2.06 bits per heavy atom. The van der Waals surface area contributed by atoms with Gasteiger partial charge in [0.2, 0.25) is 0 Å². The van der Waals surface area contributed by atoms with Gasteiger partial charge in [0.15, 0.2) is 0 Å². The number of nitrogens with zero attached hydrogens (tertiary/aromatic N) is 1. The van der Waals surface area contributed by atoms with Crippen LogP contribution in [0.2, 0.25) is 0 Å². The van der Waals surface area contributed by atoms with E-state index in [9.17, 15) is 0 Å². The molecule has 0 spiro atoms. The molecule has 0 aromatic carbocycles. The van der Waals surface area contributed by atoms with Crippen molar-refractivity contribution in [2.45, 2.75) is 131 Å². The molecule has 1 saturated heterocycles. The summed E-state index contributed by atoms with van der Waals surface area (Å²) in [4.78, 5) is 2.75. The Balaban J connectivity index is 2.19. The van der Waals surface area contributed by atoms with Gasteiger partial charge in [-0.05, 0) is 82.8 Å². The van der Waals surface area contributed by atoms with Crippen molar-refractivity contribution >= 4 is 0 Å². The first-order chi connectivity index (χ1) is 14.9. The van der Waals surface area contributed by atoms with E-state index in [2.05, 4.69) is 51.8 Å². The molecule has 0 bridgehead atoms. The average Bonchev–Trinajstić information content (AvgIpc) is 2.75. The van der Waals surface area contributed by atoms with Crippen molar-refractivity contribution in [3.05, 3.63) is 0 Å². The zero-order valence-electron chi connectivity index (χ0n) is 22.4. The van der Waals surface area contributed by atoms with Crippen LogP contribution in [0.25, 0.3) is 0 Å². The first kappa shape index (κ1) is 28.9. The van der Waals surface area contributed by atoms with Crippen LogP contribution in [0.4, 0.5) is 0 Å². The number of nitrogens with one attached hydrogen (secondary N) is 1. The molecule has 0 saturated carbocycles. The van der Waals surface area contributed by atoms with Crippen molar-refractivity contribution in [1.29, 1.82) is 0 Å². The van der Waals surface area contributed by atoms with Gasteiger partial charge in [0.25, 0.3) is 0 Å². The van der Waals surface area contributed by atoms with Crippen LogP contribution in [-0.2, 0) is 4.74 Å². The Bertz CT molecular complexity index is 421. The van der Waals surface area contributed by atoms with Crippen molar-refractivity contribution in [2.24, 2.45) is 11.3 Å². The van der Waals surface area contributed by atoms with Gasteiger partial charge >= 0.3 is 0 Å². The summed E-state index contributed by atoms with van der Waals surface area (Å²) in [5.74, 6) is 0.771. The van der Waals surface area contributed by atoms with Crippen molar-refractivity contribution in [3.8, 4) is 0 Å². The fraction of sp³-hybridized carbons (Fsp3) is 1.00. The van der Waals surface area contributed by atoms with Crippen LogP contribution >= 0.6 is 0 Å². The molecule has 1 heterocycles. The molecule has 0 amide bonds. The second kappa shape index (κ2) is 16.5. The molecule has 1 aliphatic rings. The zero-order chi connectivity index (χ0) is 23.0. The predicted octanol–water partition coefficient (Wildman–Crippen LogP) is 7.44. The maximum absolute atomic E-state index is 6.10. The standard InChI is InChI=1S/C28H58N2O/c1-7-11-18-27(5,16-9-3)25-30-21-14-26(15-22-30)24-31-23-13-20-29-28(6,17-10-4)19-12-8-2/h26,29H,7-25H2,1-6H3. The third kappa shape index (κ3) is 12.6. The highest BCUT2D eigenvalue weighted by atomic mass is 16.5. The summed E-state index contributed by atoms with van der Waals surface area (Å²) in [5.41, 5.74) is 0.839. The molecule has 1 N–H and O–H groups in total. The Labute approximate surface area is 196 Å². The van der Waals surface area contributed by atoms with Crippen molar-refractivity contribution in [2.75, 3.05) is 39.4 Å². The number of piperidine rings is 1. The van der Waals surface area contributed by atoms with Crippen LogP contribution in [0, 0.1) is 11.3 Å². The van der Waals surface area contributed by atoms with E-state index < -0.39 is 0 Å². The van der Waals surface area contributed by atoms with E-state index in [1.54, 1.807) is 0 Å². The highest BCUT2D eigenvalue weighted by Gasteiger charge is 2.28. The molecule has 0 aromatic rings. The molecule has 3 nitrogen and oxygen atoms in total. The molecule has 0 aliphatic carbocycles. The summed E-state index contributed by atoms with van der Waals surface area (Å²) in [7, 11) is 0. The summed E-state index contributed by atoms with van der Waals surface area (Å²) in [5, 5.41) is 3.84. The highest BCUT2D eigenvalue weighted by Crippen LogP contribution is 2.32. The molecule has 1 fully saturated rings. The lowest BCUT2D eigenvalue weighted by Gasteiger charge is -2.39. The number of unbranched alkanes of at least 4 members (excludes halogenated alkanes) is 2. The monoisotopic (exact) mass is 438 g/mol. The predicted molar refractivity (Wildman–Crippen MR) is 138 cm³/mol. The van der Waals surface area contributed by atoms with E-state index in [1.807, 2.05) is 0 Å². The van der Waals surface area contributed by atoms with Gasteiger partial charge in [0.1, 0.15) is 0 Å². The Kier molecular flexibility index (Phi) is 15.4. The van der Waals surface area contributed by atoms with E-state index in [-0.39, 0.29) is 0 Å². The maximum Gasteiger partial charge on any atom is 0.0495 e. The summed E-state index contributed by atoms with van der Waals surface area (Å²) in [6.45, 7) is 21.0. The van der Waals surface area contributed by atoms with E-state index in [1.165, 1.54) is 96.7 Å². The number of hydrogen-bond acceptors (Lipinski definition) is 3. The molecule has 2 unspecified atom stereocenters. The van der Waals surface area contributed by atoms with Crippen LogP contribution in [0.1, 0.15) is 125 Å². The lowest BCUT2D eigenvalue weighted by molar-refractivity contribution is 0.0502. The molecular formula is C28H58N2O. The minimum Gasteiger partial charge on any atom is -0.381 e. The van der Waals surface area contributed by atoms with E-state index >= 15 is 0 Å². The van der Waals surface area contributed by atoms with Gasteiger partial charge < -0.3 is 15.0 Å². The minimum absolute atomic E-state index is 0.320. The average molecular weight is 439 g/mol. The first-order valence-electron chi connectivity index (χ1n) is 14.0. The van der Waals surface area contributed by atoms with Gasteiger partial charge in [-0.15, -0.1) is 0 Å². The second-order valence-corrected chi connectivity index (χ2v) is 11.2. The molecular weight excluding hydrogens is 380 g/mol. The van der Waals surface area contributed by atoms with E-state index in [4.69, 9.17) is 4.74 Å². The van der Waals surface area contributed by atoms with Crippen molar-refractivity contribution in [3.63, 3.8) is 0 Å². The normalized spacial score (nSPS) is 19.9. The van der Waals surface area contributed by atoms with Gasteiger partial charge in [0, 0.05) is 25.3 Å². The fourth-order valence-electron chi connectivity index (χ4n) is 5.58. The van der Waals surface area contributed by atoms with Gasteiger partial charge in [-0.1, -0.05) is 73.1 Å². The smallest absolute Gasteiger partial charge is 0.0495 e. The van der Waals surface area contributed by atoms with Gasteiger partial charge in [-0.3, -0.25) is 0 Å².